The lowest BCUT2D eigenvalue weighted by atomic mass is 10.0. The number of rotatable bonds is 6. The quantitative estimate of drug-likeness (QED) is 0.481. The van der Waals surface area contributed by atoms with Crippen molar-refractivity contribution in [1.82, 2.24) is 5.32 Å². The van der Waals surface area contributed by atoms with Crippen molar-refractivity contribution in [2.45, 2.75) is 19.4 Å². The van der Waals surface area contributed by atoms with Gasteiger partial charge in [-0.2, -0.15) is 5.26 Å². The monoisotopic (exact) mass is 305 g/mol. The first-order valence-electron chi connectivity index (χ1n) is 6.41. The molecule has 0 heterocycles. The standard InChI is InChI=1S/C14H15N3O5/c1-9(8-15)6-12(14(19)22-2)16-13(18)10-4-3-5-11(7-10)17(20)21/h3-5,7,9,12H,6H2,1-2H3,(H,16,18)/t9-,12-/m1/s1. The van der Waals surface area contributed by atoms with E-state index in [1.54, 1.807) is 6.92 Å². The number of nitro benzene ring substituents is 1. The molecule has 8 heteroatoms. The van der Waals surface area contributed by atoms with Crippen molar-refractivity contribution in [2.24, 2.45) is 5.92 Å². The molecule has 0 bridgehead atoms. The van der Waals surface area contributed by atoms with Crippen LogP contribution in [-0.2, 0) is 9.53 Å². The Bertz CT molecular complexity index is 623. The van der Waals surface area contributed by atoms with Crippen molar-refractivity contribution in [1.29, 1.82) is 5.26 Å². The number of hydrogen-bond donors (Lipinski definition) is 1. The number of nitriles is 1. The minimum atomic E-state index is -0.994. The molecular weight excluding hydrogens is 290 g/mol. The van der Waals surface area contributed by atoms with Gasteiger partial charge in [0, 0.05) is 23.6 Å². The van der Waals surface area contributed by atoms with Gasteiger partial charge in [0.1, 0.15) is 6.04 Å². The van der Waals surface area contributed by atoms with Crippen LogP contribution in [0, 0.1) is 27.4 Å². The van der Waals surface area contributed by atoms with Gasteiger partial charge in [0.25, 0.3) is 11.6 Å². The Morgan fingerprint density at radius 2 is 2.18 bits per heavy atom. The van der Waals surface area contributed by atoms with E-state index in [2.05, 4.69) is 10.1 Å². The zero-order valence-electron chi connectivity index (χ0n) is 12.1. The normalized spacial score (nSPS) is 12.6. The van der Waals surface area contributed by atoms with Crippen LogP contribution < -0.4 is 5.32 Å². The lowest BCUT2D eigenvalue weighted by Crippen LogP contribution is -2.42. The van der Waals surface area contributed by atoms with Crippen LogP contribution in [-0.4, -0.2) is 30.0 Å². The van der Waals surface area contributed by atoms with Gasteiger partial charge in [0.15, 0.2) is 0 Å². The number of esters is 1. The highest BCUT2D eigenvalue weighted by Gasteiger charge is 2.24. The predicted molar refractivity (Wildman–Crippen MR) is 75.8 cm³/mol. The fourth-order valence-corrected chi connectivity index (χ4v) is 1.76. The Morgan fingerprint density at radius 1 is 1.50 bits per heavy atom. The van der Waals surface area contributed by atoms with Crippen LogP contribution in [0.15, 0.2) is 24.3 Å². The van der Waals surface area contributed by atoms with Gasteiger partial charge in [-0.25, -0.2) is 4.79 Å². The molecule has 0 radical (unpaired) electrons. The Hall–Kier alpha value is -2.95. The van der Waals surface area contributed by atoms with Gasteiger partial charge in [-0.15, -0.1) is 0 Å². The second kappa shape index (κ2) is 7.73. The third-order valence-electron chi connectivity index (χ3n) is 2.92. The van der Waals surface area contributed by atoms with E-state index < -0.39 is 28.8 Å². The molecule has 22 heavy (non-hydrogen) atoms. The Labute approximate surface area is 126 Å². The Kier molecular flexibility index (Phi) is 6.01. The molecule has 0 saturated heterocycles. The van der Waals surface area contributed by atoms with Crippen LogP contribution in [0.1, 0.15) is 23.7 Å². The summed E-state index contributed by atoms with van der Waals surface area (Å²) in [5.74, 6) is -1.79. The van der Waals surface area contributed by atoms with Gasteiger partial charge in [0.05, 0.1) is 18.1 Å². The number of amides is 1. The summed E-state index contributed by atoms with van der Waals surface area (Å²) in [7, 11) is 1.17. The van der Waals surface area contributed by atoms with Gasteiger partial charge in [0.2, 0.25) is 0 Å². The van der Waals surface area contributed by atoms with E-state index in [1.807, 2.05) is 6.07 Å². The molecular formula is C14H15N3O5. The SMILES string of the molecule is COC(=O)[C@@H](C[C@@H](C)C#N)NC(=O)c1cccc([N+](=O)[O-])c1. The first kappa shape index (κ1) is 17.1. The van der Waals surface area contributed by atoms with E-state index in [-0.39, 0.29) is 17.7 Å². The molecule has 0 aliphatic carbocycles. The van der Waals surface area contributed by atoms with E-state index >= 15 is 0 Å². The highest BCUT2D eigenvalue weighted by Crippen LogP contribution is 2.14. The molecule has 0 unspecified atom stereocenters. The molecule has 1 amide bonds. The molecule has 8 nitrogen and oxygen atoms in total. The number of carbonyl (C=O) groups excluding carboxylic acids is 2. The molecule has 0 aliphatic heterocycles. The first-order valence-corrected chi connectivity index (χ1v) is 6.41. The molecule has 116 valence electrons. The molecule has 0 aliphatic rings. The van der Waals surface area contributed by atoms with Crippen molar-refractivity contribution in [3.63, 3.8) is 0 Å². The number of nitrogens with zero attached hydrogens (tertiary/aromatic N) is 2. The number of carbonyl (C=O) groups is 2. The molecule has 1 aromatic carbocycles. The predicted octanol–water partition coefficient (Wildman–Crippen LogP) is 1.42. The Balaban J connectivity index is 2.91. The van der Waals surface area contributed by atoms with Gasteiger partial charge in [-0.1, -0.05) is 6.07 Å². The molecule has 1 rings (SSSR count). The molecule has 0 fully saturated rings. The molecule has 0 aromatic heterocycles. The van der Waals surface area contributed by atoms with Crippen molar-refractivity contribution in [3.05, 3.63) is 39.9 Å². The highest BCUT2D eigenvalue weighted by atomic mass is 16.6. The van der Waals surface area contributed by atoms with E-state index in [1.165, 1.54) is 25.3 Å². The number of nitro groups is 1. The minimum absolute atomic E-state index is 0.0488. The maximum Gasteiger partial charge on any atom is 0.328 e. The summed E-state index contributed by atoms with van der Waals surface area (Å²) in [6.07, 6.45) is 0.0871. The van der Waals surface area contributed by atoms with Crippen molar-refractivity contribution in [3.8, 4) is 6.07 Å². The van der Waals surface area contributed by atoms with Gasteiger partial charge in [-0.3, -0.25) is 14.9 Å². The summed E-state index contributed by atoms with van der Waals surface area (Å²) < 4.78 is 4.59. The third kappa shape index (κ3) is 4.56. The summed E-state index contributed by atoms with van der Waals surface area (Å²) in [6, 6.07) is 6.10. The van der Waals surface area contributed by atoms with Gasteiger partial charge >= 0.3 is 5.97 Å². The summed E-state index contributed by atoms with van der Waals surface area (Å²) in [6.45, 7) is 1.61. The van der Waals surface area contributed by atoms with Crippen LogP contribution in [0.4, 0.5) is 5.69 Å². The molecule has 0 spiro atoms. The molecule has 1 aromatic rings. The van der Waals surface area contributed by atoms with E-state index in [4.69, 9.17) is 5.26 Å². The van der Waals surface area contributed by atoms with E-state index in [9.17, 15) is 19.7 Å². The van der Waals surface area contributed by atoms with Crippen LogP contribution in [0.2, 0.25) is 0 Å². The first-order chi connectivity index (χ1) is 10.4. The number of benzene rings is 1. The minimum Gasteiger partial charge on any atom is -0.467 e. The second-order valence-electron chi connectivity index (χ2n) is 4.62. The smallest absolute Gasteiger partial charge is 0.328 e. The zero-order valence-corrected chi connectivity index (χ0v) is 12.1. The van der Waals surface area contributed by atoms with Crippen LogP contribution >= 0.6 is 0 Å². The van der Waals surface area contributed by atoms with Crippen molar-refractivity contribution >= 4 is 17.6 Å². The zero-order chi connectivity index (χ0) is 16.7. The fraction of sp³-hybridized carbons (Fsp3) is 0.357. The molecule has 1 N–H and O–H groups in total. The number of ether oxygens (including phenoxy) is 1. The largest absolute Gasteiger partial charge is 0.467 e. The number of methoxy groups -OCH3 is 1. The highest BCUT2D eigenvalue weighted by molar-refractivity contribution is 5.97. The van der Waals surface area contributed by atoms with E-state index in [0.717, 1.165) is 6.07 Å². The number of nitrogens with one attached hydrogen (secondary N) is 1. The van der Waals surface area contributed by atoms with Crippen LogP contribution in [0.25, 0.3) is 0 Å². The maximum atomic E-state index is 12.1. The second-order valence-corrected chi connectivity index (χ2v) is 4.62. The van der Waals surface area contributed by atoms with Crippen molar-refractivity contribution < 1.29 is 19.2 Å². The van der Waals surface area contributed by atoms with Crippen molar-refractivity contribution in [2.75, 3.05) is 7.11 Å². The average molecular weight is 305 g/mol. The van der Waals surface area contributed by atoms with Gasteiger partial charge < -0.3 is 10.1 Å². The topological polar surface area (TPSA) is 122 Å². The number of hydrogen-bond acceptors (Lipinski definition) is 6. The van der Waals surface area contributed by atoms with Gasteiger partial charge in [-0.05, 0) is 19.4 Å². The lowest BCUT2D eigenvalue weighted by Gasteiger charge is -2.17. The summed E-state index contributed by atoms with van der Waals surface area (Å²) >= 11 is 0. The lowest BCUT2D eigenvalue weighted by molar-refractivity contribution is -0.384. The maximum absolute atomic E-state index is 12.1. The molecule has 0 saturated carbocycles. The fourth-order valence-electron chi connectivity index (χ4n) is 1.76. The van der Waals surface area contributed by atoms with Crippen LogP contribution in [0.3, 0.4) is 0 Å². The summed E-state index contributed by atoms with van der Waals surface area (Å²) in [5, 5.41) is 21.9. The third-order valence-corrected chi connectivity index (χ3v) is 2.92. The van der Waals surface area contributed by atoms with E-state index in [0.29, 0.717) is 0 Å². The number of non-ortho nitro benzene ring substituents is 1. The average Bonchev–Trinajstić information content (AvgIpc) is 2.53. The molecule has 2 atom stereocenters. The summed E-state index contributed by atoms with van der Waals surface area (Å²) in [5.41, 5.74) is -0.180. The van der Waals surface area contributed by atoms with Crippen LogP contribution in [0.5, 0.6) is 0 Å². The summed E-state index contributed by atoms with van der Waals surface area (Å²) in [4.78, 5) is 33.8. The Morgan fingerprint density at radius 3 is 2.73 bits per heavy atom.